The molecule has 0 unspecified atom stereocenters. The third-order valence-corrected chi connectivity index (χ3v) is 5.07. The number of hydrogen-bond donors (Lipinski definition) is 1. The van der Waals surface area contributed by atoms with Crippen LogP contribution in [0.2, 0.25) is 10.0 Å². The van der Waals surface area contributed by atoms with Crippen LogP contribution in [0.1, 0.15) is 33.1 Å². The van der Waals surface area contributed by atoms with Crippen LogP contribution in [0, 0.1) is 0 Å². The van der Waals surface area contributed by atoms with E-state index in [4.69, 9.17) is 23.2 Å². The van der Waals surface area contributed by atoms with Gasteiger partial charge in [-0.2, -0.15) is 0 Å². The van der Waals surface area contributed by atoms with Crippen molar-refractivity contribution < 1.29 is 4.79 Å². The second-order valence-electron chi connectivity index (χ2n) is 5.39. The van der Waals surface area contributed by atoms with Gasteiger partial charge in [0.15, 0.2) is 5.16 Å². The van der Waals surface area contributed by atoms with Crippen LogP contribution >= 0.6 is 35.0 Å². The lowest BCUT2D eigenvalue weighted by atomic mass is 10.2. The third kappa shape index (κ3) is 5.40. The number of aromatic nitrogens is 3. The van der Waals surface area contributed by atoms with Crippen molar-refractivity contribution in [3.8, 4) is 0 Å². The van der Waals surface area contributed by atoms with Gasteiger partial charge in [0.25, 0.3) is 0 Å². The number of nitrogens with one attached hydrogen (secondary N) is 1. The van der Waals surface area contributed by atoms with Crippen molar-refractivity contribution in [2.45, 2.75) is 50.1 Å². The van der Waals surface area contributed by atoms with Crippen LogP contribution in [0.3, 0.4) is 0 Å². The molecule has 0 aliphatic heterocycles. The van der Waals surface area contributed by atoms with Gasteiger partial charge in [0.2, 0.25) is 5.91 Å². The van der Waals surface area contributed by atoms with Gasteiger partial charge in [-0.3, -0.25) is 4.79 Å². The van der Waals surface area contributed by atoms with Crippen LogP contribution in [-0.2, 0) is 11.3 Å². The monoisotopic (exact) mass is 386 g/mol. The van der Waals surface area contributed by atoms with Crippen molar-refractivity contribution in [2.75, 3.05) is 5.32 Å². The summed E-state index contributed by atoms with van der Waals surface area (Å²) in [5.41, 5.74) is 0.544. The maximum Gasteiger partial charge on any atom is 0.237 e. The molecule has 0 fully saturated rings. The minimum Gasteiger partial charge on any atom is -0.324 e. The Balaban J connectivity index is 1.95. The highest BCUT2D eigenvalue weighted by molar-refractivity contribution is 8.00. The Morgan fingerprint density at radius 3 is 2.88 bits per heavy atom. The molecule has 0 saturated carbocycles. The lowest BCUT2D eigenvalue weighted by molar-refractivity contribution is -0.115. The van der Waals surface area contributed by atoms with Gasteiger partial charge in [0.1, 0.15) is 6.33 Å². The number of aryl methyl sites for hydroxylation is 1. The molecule has 2 rings (SSSR count). The standard InChI is InChI=1S/C16H20Cl2N4OS/c1-3-4-5-8-22-10-19-21-16(22)24-11(2)15(23)20-14-7-6-12(17)9-13(14)18/h6-7,9-11H,3-5,8H2,1-2H3,(H,20,23)/t11-/m0/s1. The van der Waals surface area contributed by atoms with Crippen molar-refractivity contribution >= 4 is 46.6 Å². The Kier molecular flexibility index (Phi) is 7.40. The van der Waals surface area contributed by atoms with Gasteiger partial charge in [-0.15, -0.1) is 10.2 Å². The molecule has 1 aromatic heterocycles. The van der Waals surface area contributed by atoms with Gasteiger partial charge in [0, 0.05) is 11.6 Å². The molecule has 1 aromatic carbocycles. The first kappa shape index (κ1) is 19.1. The number of hydrogen-bond acceptors (Lipinski definition) is 4. The smallest absolute Gasteiger partial charge is 0.237 e. The van der Waals surface area contributed by atoms with Crippen molar-refractivity contribution in [3.63, 3.8) is 0 Å². The van der Waals surface area contributed by atoms with Crippen LogP contribution < -0.4 is 5.32 Å². The number of anilines is 1. The van der Waals surface area contributed by atoms with Crippen LogP contribution in [0.25, 0.3) is 0 Å². The zero-order chi connectivity index (χ0) is 17.5. The molecule has 130 valence electrons. The van der Waals surface area contributed by atoms with Crippen LogP contribution in [0.4, 0.5) is 5.69 Å². The zero-order valence-corrected chi connectivity index (χ0v) is 16.0. The van der Waals surface area contributed by atoms with Gasteiger partial charge >= 0.3 is 0 Å². The first-order chi connectivity index (χ1) is 11.5. The molecule has 0 aliphatic carbocycles. The highest BCUT2D eigenvalue weighted by Crippen LogP contribution is 2.27. The Bertz CT molecular complexity index is 692. The minimum atomic E-state index is -0.328. The van der Waals surface area contributed by atoms with E-state index in [2.05, 4.69) is 22.4 Å². The van der Waals surface area contributed by atoms with Crippen LogP contribution in [-0.4, -0.2) is 25.9 Å². The molecular formula is C16H20Cl2N4OS. The van der Waals surface area contributed by atoms with E-state index in [1.807, 2.05) is 11.5 Å². The molecule has 1 atom stereocenters. The van der Waals surface area contributed by atoms with Gasteiger partial charge in [-0.25, -0.2) is 0 Å². The first-order valence-corrected chi connectivity index (χ1v) is 9.45. The van der Waals surface area contributed by atoms with E-state index in [1.165, 1.54) is 11.8 Å². The van der Waals surface area contributed by atoms with Gasteiger partial charge in [0.05, 0.1) is 16.0 Å². The SMILES string of the molecule is CCCCCn1cnnc1S[C@@H](C)C(=O)Nc1ccc(Cl)cc1Cl. The Morgan fingerprint density at radius 2 is 2.17 bits per heavy atom. The van der Waals surface area contributed by atoms with E-state index >= 15 is 0 Å². The maximum absolute atomic E-state index is 12.4. The van der Waals surface area contributed by atoms with Crippen molar-refractivity contribution in [1.82, 2.24) is 14.8 Å². The van der Waals surface area contributed by atoms with E-state index < -0.39 is 0 Å². The summed E-state index contributed by atoms with van der Waals surface area (Å²) >= 11 is 13.3. The molecule has 0 saturated heterocycles. The largest absolute Gasteiger partial charge is 0.324 e. The number of unbranched alkanes of at least 4 members (excludes halogenated alkanes) is 2. The molecule has 24 heavy (non-hydrogen) atoms. The Hall–Kier alpha value is -1.24. The van der Waals surface area contributed by atoms with Crippen LogP contribution in [0.15, 0.2) is 29.7 Å². The molecule has 0 aliphatic rings. The van der Waals surface area contributed by atoms with E-state index in [-0.39, 0.29) is 11.2 Å². The topological polar surface area (TPSA) is 59.8 Å². The lowest BCUT2D eigenvalue weighted by Gasteiger charge is -2.13. The van der Waals surface area contributed by atoms with Gasteiger partial charge < -0.3 is 9.88 Å². The maximum atomic E-state index is 12.4. The Labute approximate surface area is 156 Å². The number of nitrogens with zero attached hydrogens (tertiary/aromatic N) is 3. The number of rotatable bonds is 8. The average molecular weight is 387 g/mol. The normalized spacial score (nSPS) is 12.2. The third-order valence-electron chi connectivity index (χ3n) is 3.42. The molecule has 1 heterocycles. The number of halogens is 2. The quantitative estimate of drug-likeness (QED) is 0.517. The second-order valence-corrected chi connectivity index (χ2v) is 7.54. The predicted octanol–water partition coefficient (Wildman–Crippen LogP) is 4.89. The van der Waals surface area contributed by atoms with E-state index in [0.717, 1.165) is 31.0 Å². The molecule has 0 spiro atoms. The molecular weight excluding hydrogens is 367 g/mol. The summed E-state index contributed by atoms with van der Waals surface area (Å²) in [6.45, 7) is 4.85. The number of thioether (sulfide) groups is 1. The molecule has 0 bridgehead atoms. The van der Waals surface area contributed by atoms with Crippen molar-refractivity contribution in [1.29, 1.82) is 0 Å². The molecule has 8 heteroatoms. The molecule has 1 amide bonds. The zero-order valence-electron chi connectivity index (χ0n) is 13.6. The molecule has 5 nitrogen and oxygen atoms in total. The Morgan fingerprint density at radius 1 is 1.38 bits per heavy atom. The van der Waals surface area contributed by atoms with Crippen molar-refractivity contribution in [3.05, 3.63) is 34.6 Å². The fraction of sp³-hybridized carbons (Fsp3) is 0.438. The number of carbonyl (C=O) groups excluding carboxylic acids is 1. The first-order valence-electron chi connectivity index (χ1n) is 7.81. The van der Waals surface area contributed by atoms with E-state index in [9.17, 15) is 4.79 Å². The highest BCUT2D eigenvalue weighted by Gasteiger charge is 2.18. The fourth-order valence-electron chi connectivity index (χ4n) is 2.06. The van der Waals surface area contributed by atoms with E-state index in [0.29, 0.717) is 15.7 Å². The molecule has 2 aromatic rings. The van der Waals surface area contributed by atoms with E-state index in [1.54, 1.807) is 24.5 Å². The van der Waals surface area contributed by atoms with Crippen LogP contribution in [0.5, 0.6) is 0 Å². The summed E-state index contributed by atoms with van der Waals surface area (Å²) in [5, 5.41) is 12.2. The predicted molar refractivity (Wildman–Crippen MR) is 100.0 cm³/mol. The number of amides is 1. The van der Waals surface area contributed by atoms with Gasteiger partial charge in [-0.05, 0) is 31.5 Å². The molecule has 0 radical (unpaired) electrons. The summed E-state index contributed by atoms with van der Waals surface area (Å²) in [6.07, 6.45) is 5.10. The summed E-state index contributed by atoms with van der Waals surface area (Å²) in [6, 6.07) is 4.97. The summed E-state index contributed by atoms with van der Waals surface area (Å²) < 4.78 is 1.99. The highest BCUT2D eigenvalue weighted by atomic mass is 35.5. The minimum absolute atomic E-state index is 0.146. The molecule has 1 N–H and O–H groups in total. The fourth-order valence-corrected chi connectivity index (χ4v) is 3.36. The number of benzene rings is 1. The summed E-state index contributed by atoms with van der Waals surface area (Å²) in [5.74, 6) is -0.146. The summed E-state index contributed by atoms with van der Waals surface area (Å²) in [7, 11) is 0. The lowest BCUT2D eigenvalue weighted by Crippen LogP contribution is -2.23. The van der Waals surface area contributed by atoms with Crippen molar-refractivity contribution in [2.24, 2.45) is 0 Å². The second kappa shape index (κ2) is 9.30. The average Bonchev–Trinajstić information content (AvgIpc) is 2.97. The van der Waals surface area contributed by atoms with Gasteiger partial charge in [-0.1, -0.05) is 54.7 Å². The summed E-state index contributed by atoms with van der Waals surface area (Å²) in [4.78, 5) is 12.4. The number of carbonyl (C=O) groups is 1.